The van der Waals surface area contributed by atoms with Crippen molar-refractivity contribution in [3.63, 3.8) is 0 Å². The first kappa shape index (κ1) is 18.1. The summed E-state index contributed by atoms with van der Waals surface area (Å²) in [5.41, 5.74) is 3.46. The Balaban J connectivity index is 1.59. The molecule has 8 nitrogen and oxygen atoms in total. The lowest BCUT2D eigenvalue weighted by Crippen LogP contribution is -2.13. The molecule has 0 bridgehead atoms. The fraction of sp³-hybridized carbons (Fsp3) is 0.211. The summed E-state index contributed by atoms with van der Waals surface area (Å²) in [6.07, 6.45) is 0. The number of rotatable bonds is 4. The van der Waals surface area contributed by atoms with E-state index in [4.69, 9.17) is 4.74 Å². The number of nitrogens with zero attached hydrogens (tertiary/aromatic N) is 5. The maximum absolute atomic E-state index is 12.6. The molecule has 3 aromatic heterocycles. The van der Waals surface area contributed by atoms with E-state index in [1.165, 1.54) is 11.3 Å². The fourth-order valence-electron chi connectivity index (χ4n) is 2.88. The average molecular weight is 394 g/mol. The van der Waals surface area contributed by atoms with E-state index in [0.29, 0.717) is 10.9 Å². The van der Waals surface area contributed by atoms with Gasteiger partial charge in [-0.15, -0.1) is 16.4 Å². The highest BCUT2D eigenvalue weighted by molar-refractivity contribution is 7.16. The molecule has 0 unspecified atom stereocenters. The maximum Gasteiger partial charge on any atom is 0.297 e. The lowest BCUT2D eigenvalue weighted by atomic mass is 10.1. The van der Waals surface area contributed by atoms with E-state index in [1.54, 1.807) is 11.6 Å². The van der Waals surface area contributed by atoms with E-state index >= 15 is 0 Å². The number of methoxy groups -OCH3 is 1. The van der Waals surface area contributed by atoms with Crippen LogP contribution < -0.4 is 10.1 Å². The third kappa shape index (κ3) is 3.31. The van der Waals surface area contributed by atoms with Gasteiger partial charge in [-0.2, -0.15) is 4.98 Å². The second kappa shape index (κ2) is 7.01. The molecule has 142 valence electrons. The van der Waals surface area contributed by atoms with E-state index in [-0.39, 0.29) is 5.82 Å². The molecule has 1 N–H and O–H groups in total. The van der Waals surface area contributed by atoms with Gasteiger partial charge in [0, 0.05) is 21.8 Å². The molecule has 0 saturated heterocycles. The summed E-state index contributed by atoms with van der Waals surface area (Å²) in [5.74, 6) is 0.816. The molecule has 0 aliphatic rings. The lowest BCUT2D eigenvalue weighted by Gasteiger charge is -2.01. The minimum absolute atomic E-state index is 0.0556. The lowest BCUT2D eigenvalue weighted by molar-refractivity contribution is 0.101. The third-order valence-corrected chi connectivity index (χ3v) is 5.09. The van der Waals surface area contributed by atoms with Crippen LogP contribution in [0.15, 0.2) is 30.3 Å². The number of thiazole rings is 1. The second-order valence-corrected chi connectivity index (χ2v) is 7.50. The molecular weight excluding hydrogens is 376 g/mol. The normalized spacial score (nSPS) is 11.0. The summed E-state index contributed by atoms with van der Waals surface area (Å²) >= 11 is 1.40. The third-order valence-electron chi connectivity index (χ3n) is 4.20. The quantitative estimate of drug-likeness (QED) is 0.570. The summed E-state index contributed by atoms with van der Waals surface area (Å²) < 4.78 is 6.74. The largest absolute Gasteiger partial charge is 0.497 e. The van der Waals surface area contributed by atoms with Gasteiger partial charge in [-0.3, -0.25) is 10.1 Å². The van der Waals surface area contributed by atoms with Crippen molar-refractivity contribution >= 4 is 28.2 Å². The van der Waals surface area contributed by atoms with Crippen LogP contribution in [0.25, 0.3) is 17.0 Å². The van der Waals surface area contributed by atoms with Crippen molar-refractivity contribution in [2.45, 2.75) is 20.8 Å². The van der Waals surface area contributed by atoms with Crippen molar-refractivity contribution in [2.24, 2.45) is 0 Å². The Bertz CT molecular complexity index is 1180. The first-order valence-electron chi connectivity index (χ1n) is 8.59. The van der Waals surface area contributed by atoms with Crippen LogP contribution in [-0.2, 0) is 0 Å². The minimum Gasteiger partial charge on any atom is -0.497 e. The van der Waals surface area contributed by atoms with Crippen LogP contribution in [-0.4, -0.2) is 37.6 Å². The van der Waals surface area contributed by atoms with Crippen LogP contribution in [0.2, 0.25) is 0 Å². The Labute approximate surface area is 165 Å². The monoisotopic (exact) mass is 394 g/mol. The Hall–Kier alpha value is -3.33. The molecule has 0 fully saturated rings. The first-order chi connectivity index (χ1) is 13.4. The molecule has 4 aromatic rings. The first-order valence-corrected chi connectivity index (χ1v) is 9.40. The van der Waals surface area contributed by atoms with Crippen LogP contribution in [0.4, 0.5) is 5.13 Å². The summed E-state index contributed by atoms with van der Waals surface area (Å²) in [6.45, 7) is 5.73. The van der Waals surface area contributed by atoms with Crippen molar-refractivity contribution < 1.29 is 9.53 Å². The van der Waals surface area contributed by atoms with Gasteiger partial charge in [-0.25, -0.2) is 14.5 Å². The van der Waals surface area contributed by atoms with Gasteiger partial charge in [-0.05, 0) is 51.1 Å². The summed E-state index contributed by atoms with van der Waals surface area (Å²) in [6, 6.07) is 9.52. The highest BCUT2D eigenvalue weighted by atomic mass is 32.1. The molecule has 0 saturated carbocycles. The van der Waals surface area contributed by atoms with Gasteiger partial charge >= 0.3 is 0 Å². The molecule has 0 spiro atoms. The van der Waals surface area contributed by atoms with Crippen molar-refractivity contribution in [1.29, 1.82) is 0 Å². The summed E-state index contributed by atoms with van der Waals surface area (Å²) in [5, 5.41) is 7.53. The second-order valence-electron chi connectivity index (χ2n) is 6.29. The SMILES string of the molecule is COc1ccc(-c2nc(NC(=O)c3nc4nc(C)cc(C)n4n3)sc2C)cc1. The standard InChI is InChI=1S/C19H18N6O2S/c1-10-9-11(2)25-18(20-10)22-16(24-25)17(26)23-19-21-15(12(3)28-19)13-5-7-14(27-4)8-6-13/h5-9H,1-4H3,(H,21,23,26). The number of benzene rings is 1. The Morgan fingerprint density at radius 1 is 1.11 bits per heavy atom. The molecule has 9 heteroatoms. The minimum atomic E-state index is -0.419. The Kier molecular flexibility index (Phi) is 4.52. The van der Waals surface area contributed by atoms with Gasteiger partial charge in [0.25, 0.3) is 11.7 Å². The van der Waals surface area contributed by atoms with Crippen LogP contribution >= 0.6 is 11.3 Å². The van der Waals surface area contributed by atoms with E-state index in [0.717, 1.165) is 33.3 Å². The molecule has 1 aromatic carbocycles. The topological polar surface area (TPSA) is 94.3 Å². The van der Waals surface area contributed by atoms with Crippen molar-refractivity contribution in [2.75, 3.05) is 12.4 Å². The zero-order valence-electron chi connectivity index (χ0n) is 15.8. The van der Waals surface area contributed by atoms with E-state index in [9.17, 15) is 4.79 Å². The highest BCUT2D eigenvalue weighted by Gasteiger charge is 2.18. The predicted molar refractivity (Wildman–Crippen MR) is 107 cm³/mol. The Morgan fingerprint density at radius 2 is 1.86 bits per heavy atom. The van der Waals surface area contributed by atoms with Gasteiger partial charge in [-0.1, -0.05) is 0 Å². The van der Waals surface area contributed by atoms with Crippen molar-refractivity contribution in [3.05, 3.63) is 52.4 Å². The summed E-state index contributed by atoms with van der Waals surface area (Å²) in [4.78, 5) is 26.7. The number of carbonyl (C=O) groups excluding carboxylic acids is 1. The smallest absolute Gasteiger partial charge is 0.297 e. The molecule has 0 atom stereocenters. The van der Waals surface area contributed by atoms with Gasteiger partial charge < -0.3 is 4.74 Å². The van der Waals surface area contributed by atoms with E-state index in [2.05, 4.69) is 25.4 Å². The molecule has 1 amide bonds. The number of amides is 1. The van der Waals surface area contributed by atoms with Gasteiger partial charge in [0.2, 0.25) is 5.82 Å². The maximum atomic E-state index is 12.6. The zero-order valence-corrected chi connectivity index (χ0v) is 16.7. The van der Waals surface area contributed by atoms with Crippen molar-refractivity contribution in [1.82, 2.24) is 24.6 Å². The van der Waals surface area contributed by atoms with Gasteiger partial charge in [0.1, 0.15) is 5.75 Å². The molecule has 0 aliphatic heterocycles. The van der Waals surface area contributed by atoms with Crippen LogP contribution in [0, 0.1) is 20.8 Å². The van der Waals surface area contributed by atoms with Crippen LogP contribution in [0.5, 0.6) is 5.75 Å². The molecule has 28 heavy (non-hydrogen) atoms. The number of ether oxygens (including phenoxy) is 1. The van der Waals surface area contributed by atoms with Crippen molar-refractivity contribution in [3.8, 4) is 17.0 Å². The van der Waals surface area contributed by atoms with E-state index < -0.39 is 5.91 Å². The molecule has 3 heterocycles. The highest BCUT2D eigenvalue weighted by Crippen LogP contribution is 2.31. The number of hydrogen-bond donors (Lipinski definition) is 1. The average Bonchev–Trinajstić information content (AvgIpc) is 3.25. The van der Waals surface area contributed by atoms with Crippen LogP contribution in [0.3, 0.4) is 0 Å². The molecule has 4 rings (SSSR count). The van der Waals surface area contributed by atoms with Gasteiger partial charge in [0.05, 0.1) is 12.8 Å². The number of fused-ring (bicyclic) bond motifs is 1. The molecule has 0 aliphatic carbocycles. The number of carbonyl (C=O) groups is 1. The summed E-state index contributed by atoms with van der Waals surface area (Å²) in [7, 11) is 1.63. The van der Waals surface area contributed by atoms with Gasteiger partial charge in [0.15, 0.2) is 5.13 Å². The van der Waals surface area contributed by atoms with E-state index in [1.807, 2.05) is 51.1 Å². The number of anilines is 1. The number of aromatic nitrogens is 5. The Morgan fingerprint density at radius 3 is 2.57 bits per heavy atom. The fourth-order valence-corrected chi connectivity index (χ4v) is 3.71. The van der Waals surface area contributed by atoms with Crippen LogP contribution in [0.1, 0.15) is 26.9 Å². The molecular formula is C19H18N6O2S. The number of hydrogen-bond acceptors (Lipinski definition) is 7. The number of aryl methyl sites for hydroxylation is 3. The predicted octanol–water partition coefficient (Wildman–Crippen LogP) is 3.43. The zero-order chi connectivity index (χ0) is 19.8. The number of nitrogens with one attached hydrogen (secondary N) is 1. The molecule has 0 radical (unpaired) electrons.